The van der Waals surface area contributed by atoms with E-state index in [-0.39, 0.29) is 0 Å². The largest absolute Gasteiger partial charge is 0.253 e. The summed E-state index contributed by atoms with van der Waals surface area (Å²) in [5.74, 6) is 0. The first-order valence-corrected chi connectivity index (χ1v) is 4.69. The molecule has 1 nitrogen and oxygen atoms in total. The third kappa shape index (κ3) is 3.62. The fraction of sp³-hybridized carbons (Fsp3) is 0.625. The fourth-order valence-electron chi connectivity index (χ4n) is 0.612. The minimum atomic E-state index is 1.19. The summed E-state index contributed by atoms with van der Waals surface area (Å²) in [6, 6.07) is 0. The van der Waals surface area contributed by atoms with Gasteiger partial charge in [0.15, 0.2) is 0 Å². The van der Waals surface area contributed by atoms with Gasteiger partial charge in [-0.15, -0.1) is 11.3 Å². The predicted molar refractivity (Wildman–Crippen MR) is 47.5 cm³/mol. The second-order valence-corrected chi connectivity index (χ2v) is 2.69. The van der Waals surface area contributed by atoms with E-state index in [2.05, 4.69) is 11.9 Å². The maximum Gasteiger partial charge on any atom is 0.0794 e. The number of nitrogens with zero attached hydrogens (tertiary/aromatic N) is 1. The summed E-state index contributed by atoms with van der Waals surface area (Å²) in [5.41, 5.74) is 1.88. The highest BCUT2D eigenvalue weighted by Crippen LogP contribution is 2.06. The van der Waals surface area contributed by atoms with E-state index in [0.29, 0.717) is 0 Å². The Morgan fingerprint density at radius 2 is 2.20 bits per heavy atom. The average Bonchev–Trinajstić information content (AvgIpc) is 2.46. The molecule has 0 saturated carbocycles. The zero-order valence-corrected chi connectivity index (χ0v) is 7.74. The number of hydrogen-bond donors (Lipinski definition) is 0. The molecule has 0 radical (unpaired) electrons. The molecule has 1 rings (SSSR count). The van der Waals surface area contributed by atoms with Crippen molar-refractivity contribution in [3.8, 4) is 0 Å². The molecule has 0 spiro atoms. The summed E-state index contributed by atoms with van der Waals surface area (Å²) in [6.07, 6.45) is 4.35. The molecule has 0 aliphatic carbocycles. The van der Waals surface area contributed by atoms with E-state index < -0.39 is 0 Å². The molecule has 0 fully saturated rings. The van der Waals surface area contributed by atoms with Crippen LogP contribution in [-0.2, 0) is 6.42 Å². The first kappa shape index (κ1) is 9.63. The second kappa shape index (κ2) is 6.75. The Labute approximate surface area is 67.1 Å². The molecule has 1 aromatic rings. The molecule has 0 saturated heterocycles. The molecule has 0 N–H and O–H groups in total. The van der Waals surface area contributed by atoms with E-state index >= 15 is 0 Å². The molecule has 2 heteroatoms. The normalized spacial score (nSPS) is 8.30. The summed E-state index contributed by atoms with van der Waals surface area (Å²) >= 11 is 1.74. The van der Waals surface area contributed by atoms with Crippen LogP contribution in [0.1, 0.15) is 32.1 Å². The molecule has 0 aromatic carbocycles. The molecule has 10 heavy (non-hydrogen) atoms. The van der Waals surface area contributed by atoms with Gasteiger partial charge in [-0.05, 0) is 6.42 Å². The van der Waals surface area contributed by atoms with Gasteiger partial charge in [0.25, 0.3) is 0 Å². The maximum absolute atomic E-state index is 3.96. The molecular weight excluding hydrogens is 142 g/mol. The number of hydrogen-bond acceptors (Lipinski definition) is 2. The van der Waals surface area contributed by atoms with Gasteiger partial charge in [-0.3, -0.25) is 4.98 Å². The minimum absolute atomic E-state index is 1.19. The first-order valence-electron chi connectivity index (χ1n) is 3.81. The Morgan fingerprint density at radius 1 is 1.50 bits per heavy atom. The van der Waals surface area contributed by atoms with Crippen LogP contribution >= 0.6 is 11.3 Å². The summed E-state index contributed by atoms with van der Waals surface area (Å²) < 4.78 is 0. The summed E-state index contributed by atoms with van der Waals surface area (Å²) in [6.45, 7) is 6.18. The Kier molecular flexibility index (Phi) is 6.50. The van der Waals surface area contributed by atoms with Crippen LogP contribution in [0.5, 0.6) is 0 Å². The van der Waals surface area contributed by atoms with E-state index in [1.807, 2.05) is 25.6 Å². The molecule has 1 heterocycles. The van der Waals surface area contributed by atoms with Crippen LogP contribution in [0.3, 0.4) is 0 Å². The van der Waals surface area contributed by atoms with Gasteiger partial charge in [0.05, 0.1) is 5.51 Å². The molecule has 0 unspecified atom stereocenters. The van der Waals surface area contributed by atoms with Crippen molar-refractivity contribution in [2.45, 2.75) is 33.6 Å². The summed E-state index contributed by atoms with van der Waals surface area (Å²) in [4.78, 5) is 5.36. The van der Waals surface area contributed by atoms with Crippen LogP contribution in [0.2, 0.25) is 0 Å². The topological polar surface area (TPSA) is 12.9 Å². The van der Waals surface area contributed by atoms with E-state index in [1.165, 1.54) is 17.7 Å². The molecule has 1 aromatic heterocycles. The van der Waals surface area contributed by atoms with Gasteiger partial charge in [0.1, 0.15) is 0 Å². The molecule has 0 bridgehead atoms. The maximum atomic E-state index is 3.96. The van der Waals surface area contributed by atoms with Crippen LogP contribution in [0, 0.1) is 0 Å². The molecule has 0 amide bonds. The smallest absolute Gasteiger partial charge is 0.0794 e. The Balaban J connectivity index is 0.000000371. The number of aryl methyl sites for hydroxylation is 1. The van der Waals surface area contributed by atoms with Crippen LogP contribution < -0.4 is 0 Å². The highest BCUT2D eigenvalue weighted by molar-refractivity contribution is 7.09. The summed E-state index contributed by atoms with van der Waals surface area (Å²) in [5, 5.41) is 0. The fourth-order valence-corrected chi connectivity index (χ4v) is 1.31. The SMILES string of the molecule is CC.CCCc1cncs1. The van der Waals surface area contributed by atoms with Gasteiger partial charge in [0, 0.05) is 11.1 Å². The lowest BCUT2D eigenvalue weighted by Crippen LogP contribution is -1.72. The lowest BCUT2D eigenvalue weighted by Gasteiger charge is -1.84. The van der Waals surface area contributed by atoms with Crippen molar-refractivity contribution in [3.63, 3.8) is 0 Å². The van der Waals surface area contributed by atoms with Crippen molar-refractivity contribution >= 4 is 11.3 Å². The average molecular weight is 157 g/mol. The quantitative estimate of drug-likeness (QED) is 0.642. The monoisotopic (exact) mass is 157 g/mol. The highest BCUT2D eigenvalue weighted by Gasteiger charge is 1.88. The van der Waals surface area contributed by atoms with Crippen molar-refractivity contribution < 1.29 is 0 Å². The third-order valence-corrected chi connectivity index (χ3v) is 1.82. The summed E-state index contributed by atoms with van der Waals surface area (Å²) in [7, 11) is 0. The van der Waals surface area contributed by atoms with E-state index in [1.54, 1.807) is 11.3 Å². The Bertz CT molecular complexity index is 135. The number of thiazole rings is 1. The van der Waals surface area contributed by atoms with Crippen LogP contribution in [0.15, 0.2) is 11.7 Å². The Hall–Kier alpha value is -0.370. The van der Waals surface area contributed by atoms with Gasteiger partial charge in [-0.1, -0.05) is 27.2 Å². The predicted octanol–water partition coefficient (Wildman–Crippen LogP) is 3.12. The number of rotatable bonds is 2. The zero-order valence-electron chi connectivity index (χ0n) is 6.92. The first-order chi connectivity index (χ1) is 4.93. The lowest BCUT2D eigenvalue weighted by molar-refractivity contribution is 0.936. The Morgan fingerprint density at radius 3 is 2.60 bits per heavy atom. The third-order valence-electron chi connectivity index (χ3n) is 0.980. The molecular formula is C8H15NS. The van der Waals surface area contributed by atoms with Gasteiger partial charge in [-0.2, -0.15) is 0 Å². The van der Waals surface area contributed by atoms with Crippen molar-refractivity contribution in [3.05, 3.63) is 16.6 Å². The van der Waals surface area contributed by atoms with Crippen LogP contribution in [0.4, 0.5) is 0 Å². The molecule has 0 aliphatic heterocycles. The van der Waals surface area contributed by atoms with E-state index in [9.17, 15) is 0 Å². The van der Waals surface area contributed by atoms with Crippen molar-refractivity contribution in [1.29, 1.82) is 0 Å². The van der Waals surface area contributed by atoms with E-state index in [0.717, 1.165) is 0 Å². The highest BCUT2D eigenvalue weighted by atomic mass is 32.1. The lowest BCUT2D eigenvalue weighted by atomic mass is 10.3. The molecule has 58 valence electrons. The molecule has 0 aliphatic rings. The van der Waals surface area contributed by atoms with Gasteiger partial charge in [0.2, 0.25) is 0 Å². The van der Waals surface area contributed by atoms with E-state index in [4.69, 9.17) is 0 Å². The van der Waals surface area contributed by atoms with Crippen LogP contribution in [0.25, 0.3) is 0 Å². The standard InChI is InChI=1S/C6H9NS.C2H6/c1-2-3-6-4-7-5-8-6;1-2/h4-5H,2-3H2,1H3;1-2H3. The molecule has 0 atom stereocenters. The minimum Gasteiger partial charge on any atom is -0.253 e. The number of aromatic nitrogens is 1. The van der Waals surface area contributed by atoms with Crippen molar-refractivity contribution in [2.75, 3.05) is 0 Å². The van der Waals surface area contributed by atoms with Crippen molar-refractivity contribution in [1.82, 2.24) is 4.98 Å². The zero-order chi connectivity index (χ0) is 7.82. The van der Waals surface area contributed by atoms with Gasteiger partial charge < -0.3 is 0 Å². The second-order valence-electron chi connectivity index (χ2n) is 1.72. The van der Waals surface area contributed by atoms with Gasteiger partial charge >= 0.3 is 0 Å². The van der Waals surface area contributed by atoms with Gasteiger partial charge in [-0.25, -0.2) is 0 Å². The van der Waals surface area contributed by atoms with Crippen molar-refractivity contribution in [2.24, 2.45) is 0 Å². The van der Waals surface area contributed by atoms with Crippen LogP contribution in [-0.4, -0.2) is 4.98 Å².